The van der Waals surface area contributed by atoms with Crippen LogP contribution in [0.4, 0.5) is 10.1 Å². The predicted molar refractivity (Wildman–Crippen MR) is 67.1 cm³/mol. The first-order chi connectivity index (χ1) is 8.70. The molecule has 0 fully saturated rings. The summed E-state index contributed by atoms with van der Waals surface area (Å²) in [6, 6.07) is 5.12. The van der Waals surface area contributed by atoms with Gasteiger partial charge < -0.3 is 15.4 Å². The quantitative estimate of drug-likeness (QED) is 0.812. The molecule has 0 saturated heterocycles. The minimum Gasteiger partial charge on any atom is -0.398 e. The van der Waals surface area contributed by atoms with E-state index in [4.69, 9.17) is 10.5 Å². The minimum absolute atomic E-state index is 0.0741. The van der Waals surface area contributed by atoms with Crippen molar-refractivity contribution in [1.82, 2.24) is 4.90 Å². The number of rotatable bonds is 5. The van der Waals surface area contributed by atoms with Crippen LogP contribution in [-0.4, -0.2) is 37.2 Å². The first-order valence-electron chi connectivity index (χ1n) is 6.03. The molecule has 2 N–H and O–H groups in total. The third kappa shape index (κ3) is 2.06. The Morgan fingerprint density at radius 3 is 2.94 bits per heavy atom. The summed E-state index contributed by atoms with van der Waals surface area (Å²) in [6.07, 6.45) is 0. The van der Waals surface area contributed by atoms with Crippen molar-refractivity contribution >= 4 is 11.6 Å². The highest BCUT2D eigenvalue weighted by Crippen LogP contribution is 2.36. The van der Waals surface area contributed by atoms with Gasteiger partial charge >= 0.3 is 0 Å². The molecule has 0 spiro atoms. The maximum absolute atomic E-state index is 12.6. The number of hydrogen-bond donors (Lipinski definition) is 1. The van der Waals surface area contributed by atoms with Gasteiger partial charge in [-0.15, -0.1) is 0 Å². The molecular formula is C13H17FN2O2. The van der Waals surface area contributed by atoms with E-state index in [9.17, 15) is 9.18 Å². The number of fused-ring (bicyclic) bond motifs is 1. The molecule has 0 bridgehead atoms. The standard InChI is InChI=1S/C13H17FN2O2/c1-2-18-8-11-9-4-3-5-10(15)12(9)13(17)16(11)7-6-14/h3-5,11H,2,6-8,15H2,1H3. The molecule has 1 amide bonds. The number of carbonyl (C=O) groups is 1. The number of benzene rings is 1. The molecule has 0 aliphatic carbocycles. The molecular weight excluding hydrogens is 235 g/mol. The van der Waals surface area contributed by atoms with Crippen LogP contribution in [0, 0.1) is 0 Å². The highest BCUT2D eigenvalue weighted by Gasteiger charge is 2.37. The first-order valence-corrected chi connectivity index (χ1v) is 6.03. The van der Waals surface area contributed by atoms with Gasteiger partial charge in [0.05, 0.1) is 24.8 Å². The van der Waals surface area contributed by atoms with Crippen LogP contribution in [-0.2, 0) is 4.74 Å². The molecule has 98 valence electrons. The molecule has 18 heavy (non-hydrogen) atoms. The van der Waals surface area contributed by atoms with Gasteiger partial charge in [-0.3, -0.25) is 4.79 Å². The summed E-state index contributed by atoms with van der Waals surface area (Å²) in [6.45, 7) is 2.33. The Morgan fingerprint density at radius 1 is 1.50 bits per heavy atom. The Labute approximate surface area is 106 Å². The zero-order valence-corrected chi connectivity index (χ0v) is 10.4. The van der Waals surface area contributed by atoms with Gasteiger partial charge in [-0.25, -0.2) is 4.39 Å². The molecule has 0 radical (unpaired) electrons. The summed E-state index contributed by atoms with van der Waals surface area (Å²) < 4.78 is 18.0. The van der Waals surface area contributed by atoms with E-state index < -0.39 is 6.67 Å². The van der Waals surface area contributed by atoms with Crippen molar-refractivity contribution in [3.63, 3.8) is 0 Å². The van der Waals surface area contributed by atoms with Crippen LogP contribution in [0.15, 0.2) is 18.2 Å². The third-order valence-corrected chi connectivity index (χ3v) is 3.14. The number of nitrogens with two attached hydrogens (primary N) is 1. The van der Waals surface area contributed by atoms with Crippen molar-refractivity contribution in [1.29, 1.82) is 0 Å². The first kappa shape index (κ1) is 12.8. The van der Waals surface area contributed by atoms with E-state index in [2.05, 4.69) is 0 Å². The second-order valence-corrected chi connectivity index (χ2v) is 4.17. The van der Waals surface area contributed by atoms with Gasteiger partial charge in [-0.1, -0.05) is 12.1 Å². The monoisotopic (exact) mass is 252 g/mol. The van der Waals surface area contributed by atoms with E-state index in [0.29, 0.717) is 24.5 Å². The number of ether oxygens (including phenoxy) is 1. The molecule has 1 aliphatic rings. The van der Waals surface area contributed by atoms with Crippen LogP contribution in [0.2, 0.25) is 0 Å². The summed E-state index contributed by atoms with van der Waals surface area (Å²) in [7, 11) is 0. The maximum atomic E-state index is 12.6. The summed E-state index contributed by atoms with van der Waals surface area (Å²) in [5, 5.41) is 0. The Morgan fingerprint density at radius 2 is 2.28 bits per heavy atom. The number of hydrogen-bond acceptors (Lipinski definition) is 3. The third-order valence-electron chi connectivity index (χ3n) is 3.14. The second kappa shape index (κ2) is 5.35. The number of alkyl halides is 1. The number of carbonyl (C=O) groups excluding carboxylic acids is 1. The molecule has 1 heterocycles. The van der Waals surface area contributed by atoms with Crippen LogP contribution in [0.25, 0.3) is 0 Å². The predicted octanol–water partition coefficient (Wildman–Crippen LogP) is 1.77. The van der Waals surface area contributed by atoms with E-state index in [-0.39, 0.29) is 18.5 Å². The Balaban J connectivity index is 2.36. The molecule has 1 unspecified atom stereocenters. The molecule has 1 aromatic rings. The van der Waals surface area contributed by atoms with E-state index in [1.807, 2.05) is 13.0 Å². The second-order valence-electron chi connectivity index (χ2n) is 4.17. The van der Waals surface area contributed by atoms with Gasteiger partial charge in [0, 0.05) is 12.3 Å². The number of halogens is 1. The lowest BCUT2D eigenvalue weighted by Gasteiger charge is -2.23. The molecule has 5 heteroatoms. The van der Waals surface area contributed by atoms with Gasteiger partial charge in [0.1, 0.15) is 6.67 Å². The number of nitrogen functional groups attached to an aromatic ring is 1. The fraction of sp³-hybridized carbons (Fsp3) is 0.462. The van der Waals surface area contributed by atoms with Gasteiger partial charge in [-0.05, 0) is 18.6 Å². The Bertz CT molecular complexity index is 451. The lowest BCUT2D eigenvalue weighted by molar-refractivity contribution is 0.0506. The van der Waals surface area contributed by atoms with Crippen molar-refractivity contribution in [3.8, 4) is 0 Å². The van der Waals surface area contributed by atoms with Crippen molar-refractivity contribution in [2.24, 2.45) is 0 Å². The van der Waals surface area contributed by atoms with Crippen molar-refractivity contribution in [3.05, 3.63) is 29.3 Å². The maximum Gasteiger partial charge on any atom is 0.256 e. The molecule has 0 aromatic heterocycles. The zero-order valence-electron chi connectivity index (χ0n) is 10.4. The SMILES string of the molecule is CCOCC1c2cccc(N)c2C(=O)N1CCF. The average Bonchev–Trinajstić information content (AvgIpc) is 2.62. The number of anilines is 1. The van der Waals surface area contributed by atoms with E-state index in [1.54, 1.807) is 12.1 Å². The largest absolute Gasteiger partial charge is 0.398 e. The van der Waals surface area contributed by atoms with Crippen molar-refractivity contribution in [2.45, 2.75) is 13.0 Å². The van der Waals surface area contributed by atoms with Crippen LogP contribution in [0.5, 0.6) is 0 Å². The smallest absolute Gasteiger partial charge is 0.256 e. The highest BCUT2D eigenvalue weighted by atomic mass is 19.1. The van der Waals surface area contributed by atoms with Gasteiger partial charge in [0.15, 0.2) is 0 Å². The number of amides is 1. The molecule has 1 atom stereocenters. The lowest BCUT2D eigenvalue weighted by Crippen LogP contribution is -2.32. The Hall–Kier alpha value is -1.62. The fourth-order valence-electron chi connectivity index (χ4n) is 2.32. The van der Waals surface area contributed by atoms with Crippen LogP contribution >= 0.6 is 0 Å². The average molecular weight is 252 g/mol. The van der Waals surface area contributed by atoms with Crippen LogP contribution in [0.1, 0.15) is 28.9 Å². The van der Waals surface area contributed by atoms with E-state index in [0.717, 1.165) is 5.56 Å². The lowest BCUT2D eigenvalue weighted by atomic mass is 10.0. The summed E-state index contributed by atoms with van der Waals surface area (Å²) >= 11 is 0. The van der Waals surface area contributed by atoms with Crippen LogP contribution in [0.3, 0.4) is 0 Å². The number of nitrogens with zero attached hydrogens (tertiary/aromatic N) is 1. The van der Waals surface area contributed by atoms with E-state index >= 15 is 0 Å². The fourth-order valence-corrected chi connectivity index (χ4v) is 2.32. The van der Waals surface area contributed by atoms with Crippen molar-refractivity contribution in [2.75, 3.05) is 32.2 Å². The van der Waals surface area contributed by atoms with Gasteiger partial charge in [0.2, 0.25) is 0 Å². The molecule has 2 rings (SSSR count). The molecule has 4 nitrogen and oxygen atoms in total. The topological polar surface area (TPSA) is 55.6 Å². The van der Waals surface area contributed by atoms with Gasteiger partial charge in [-0.2, -0.15) is 0 Å². The van der Waals surface area contributed by atoms with Crippen molar-refractivity contribution < 1.29 is 13.9 Å². The summed E-state index contributed by atoms with van der Waals surface area (Å²) in [5.74, 6) is -0.203. The minimum atomic E-state index is -0.567. The van der Waals surface area contributed by atoms with E-state index in [1.165, 1.54) is 4.90 Å². The van der Waals surface area contributed by atoms with Crippen LogP contribution < -0.4 is 5.73 Å². The molecule has 0 saturated carbocycles. The normalized spacial score (nSPS) is 18.2. The summed E-state index contributed by atoms with van der Waals surface area (Å²) in [4.78, 5) is 13.7. The van der Waals surface area contributed by atoms with Gasteiger partial charge in [0.25, 0.3) is 5.91 Å². The molecule has 1 aromatic carbocycles. The molecule has 1 aliphatic heterocycles. The Kier molecular flexibility index (Phi) is 3.81. The highest BCUT2D eigenvalue weighted by molar-refractivity contribution is 6.03. The summed E-state index contributed by atoms with van der Waals surface area (Å²) in [5.41, 5.74) is 7.61. The zero-order chi connectivity index (χ0) is 13.1.